The van der Waals surface area contributed by atoms with Gasteiger partial charge in [-0.05, 0) is 21.0 Å². The molecule has 0 aromatic rings. The molecule has 0 aromatic heterocycles. The van der Waals surface area contributed by atoms with Gasteiger partial charge in [0.2, 0.25) is 0 Å². The van der Waals surface area contributed by atoms with E-state index < -0.39 is 11.9 Å². The summed E-state index contributed by atoms with van der Waals surface area (Å²) in [6.07, 6.45) is 0.963. The van der Waals surface area contributed by atoms with Gasteiger partial charge in [-0.25, -0.2) is 0 Å². The standard InChI is InChI=1S/C10H19NO4.C9H17NO4.C6H9BrO3.C5H8O3/c1-11(6-7-14-2)8-9(12)4-5-10(13)15-3;1-10(5-6-14-2)7-8(11)3-4-9(12)13;1-10-6(9)3-2-5(8)4-7;1-4(6)2-3-5(7)8/h4-8H2,1-3H3;3-7H2,1-2H3,(H,12,13);2-4H2,1H3;2-3H2,1H3,(H,7,8). The number of ketones is 4. The van der Waals surface area contributed by atoms with E-state index >= 15 is 0 Å². The number of methoxy groups -OCH3 is 4. The number of likely N-dealkylation sites (N-methyl/N-ethyl adjacent to an activating group) is 2. The van der Waals surface area contributed by atoms with Gasteiger partial charge in [0.05, 0.1) is 71.5 Å². The summed E-state index contributed by atoms with van der Waals surface area (Å²) in [5.41, 5.74) is 0. The van der Waals surface area contributed by atoms with Crippen molar-refractivity contribution in [3.05, 3.63) is 0 Å². The van der Waals surface area contributed by atoms with Crippen LogP contribution in [0.4, 0.5) is 0 Å². The number of halogens is 1. The molecular weight excluding hydrogens is 692 g/mol. The van der Waals surface area contributed by atoms with Crippen molar-refractivity contribution in [2.45, 2.75) is 58.3 Å². The van der Waals surface area contributed by atoms with Gasteiger partial charge in [0.1, 0.15) is 23.1 Å². The van der Waals surface area contributed by atoms with Crippen LogP contribution in [0.25, 0.3) is 0 Å². The summed E-state index contributed by atoms with van der Waals surface area (Å²) < 4.78 is 18.5. The summed E-state index contributed by atoms with van der Waals surface area (Å²) >= 11 is 2.99. The summed E-state index contributed by atoms with van der Waals surface area (Å²) in [5.74, 6) is -2.60. The molecule has 0 aliphatic rings. The van der Waals surface area contributed by atoms with Crippen LogP contribution in [-0.2, 0) is 57.3 Å². The van der Waals surface area contributed by atoms with Gasteiger partial charge in [0.25, 0.3) is 0 Å². The molecule has 274 valence electrons. The second-order valence-electron chi connectivity index (χ2n) is 9.85. The molecule has 0 aliphatic heterocycles. The average molecular weight is 746 g/mol. The number of hydrogen-bond donors (Lipinski definition) is 2. The topological polar surface area (TPSA) is 220 Å². The van der Waals surface area contributed by atoms with E-state index in [1.165, 1.54) is 21.1 Å². The van der Waals surface area contributed by atoms with Crippen LogP contribution in [0, 0.1) is 0 Å². The second kappa shape index (κ2) is 35.7. The van der Waals surface area contributed by atoms with E-state index in [2.05, 4.69) is 25.4 Å². The van der Waals surface area contributed by atoms with Crippen LogP contribution < -0.4 is 0 Å². The van der Waals surface area contributed by atoms with Crippen molar-refractivity contribution in [3.63, 3.8) is 0 Å². The largest absolute Gasteiger partial charge is 0.481 e. The van der Waals surface area contributed by atoms with Crippen molar-refractivity contribution < 1.29 is 67.5 Å². The minimum Gasteiger partial charge on any atom is -0.481 e. The number of Topliss-reactive ketones (excluding diaryl/α,β-unsaturated/α-hetero) is 4. The van der Waals surface area contributed by atoms with E-state index in [-0.39, 0.29) is 93.0 Å². The Morgan fingerprint density at radius 3 is 1.17 bits per heavy atom. The van der Waals surface area contributed by atoms with Crippen LogP contribution in [0.3, 0.4) is 0 Å². The van der Waals surface area contributed by atoms with Crippen LogP contribution in [0.5, 0.6) is 0 Å². The fourth-order valence-electron chi connectivity index (χ4n) is 2.70. The number of carboxylic acids is 2. The third-order valence-corrected chi connectivity index (χ3v) is 6.00. The van der Waals surface area contributed by atoms with Crippen molar-refractivity contribution >= 4 is 62.9 Å². The lowest BCUT2D eigenvalue weighted by Gasteiger charge is -2.14. The molecule has 0 radical (unpaired) electrons. The van der Waals surface area contributed by atoms with E-state index in [1.54, 1.807) is 21.3 Å². The van der Waals surface area contributed by atoms with Gasteiger partial charge in [-0.3, -0.25) is 43.4 Å². The van der Waals surface area contributed by atoms with Gasteiger partial charge in [-0.1, -0.05) is 15.9 Å². The number of rotatable bonds is 23. The summed E-state index contributed by atoms with van der Waals surface area (Å²) in [6.45, 7) is 4.57. The first-order chi connectivity index (χ1) is 22.0. The molecule has 0 unspecified atom stereocenters. The van der Waals surface area contributed by atoms with E-state index in [1.807, 2.05) is 16.8 Å². The highest BCUT2D eigenvalue weighted by Crippen LogP contribution is 1.97. The van der Waals surface area contributed by atoms with Gasteiger partial charge in [-0.15, -0.1) is 0 Å². The molecule has 2 N–H and O–H groups in total. The molecule has 0 amide bonds. The van der Waals surface area contributed by atoms with E-state index in [4.69, 9.17) is 19.7 Å². The zero-order valence-corrected chi connectivity index (χ0v) is 30.3. The van der Waals surface area contributed by atoms with Gasteiger partial charge >= 0.3 is 23.9 Å². The Balaban J connectivity index is -0.000000270. The first kappa shape index (κ1) is 50.7. The predicted molar refractivity (Wildman–Crippen MR) is 174 cm³/mol. The molecule has 0 saturated carbocycles. The molecule has 0 fully saturated rings. The zero-order valence-electron chi connectivity index (χ0n) is 28.7. The van der Waals surface area contributed by atoms with Gasteiger partial charge in [0.15, 0.2) is 0 Å². The first-order valence-corrected chi connectivity index (χ1v) is 15.6. The Morgan fingerprint density at radius 1 is 0.553 bits per heavy atom. The van der Waals surface area contributed by atoms with E-state index in [0.29, 0.717) is 38.2 Å². The number of aliphatic carboxylic acids is 2. The van der Waals surface area contributed by atoms with Gasteiger partial charge < -0.3 is 34.0 Å². The SMILES string of the molecule is CC(=O)CCC(=O)O.COC(=O)CCC(=O)CBr.COCCN(C)CC(=O)CCC(=O)O.COCCN(C)CC(=O)CCC(=O)OC. The van der Waals surface area contributed by atoms with Crippen LogP contribution >= 0.6 is 15.9 Å². The minimum absolute atomic E-state index is 0.0189. The Bertz CT molecular complexity index is 900. The number of carbonyl (C=O) groups excluding carboxylic acids is 6. The fourth-order valence-corrected chi connectivity index (χ4v) is 2.98. The summed E-state index contributed by atoms with van der Waals surface area (Å²) in [5, 5.41) is 16.7. The molecule has 0 heterocycles. The third-order valence-electron chi connectivity index (χ3n) is 5.38. The van der Waals surface area contributed by atoms with Crippen molar-refractivity contribution in [1.29, 1.82) is 0 Å². The number of carboxylic acid groups (broad SMARTS) is 2. The smallest absolute Gasteiger partial charge is 0.305 e. The number of carbonyl (C=O) groups is 8. The van der Waals surface area contributed by atoms with Crippen molar-refractivity contribution in [2.24, 2.45) is 0 Å². The quantitative estimate of drug-likeness (QED) is 0.112. The Kier molecular flexibility index (Phi) is 38.6. The number of esters is 2. The van der Waals surface area contributed by atoms with E-state index in [0.717, 1.165) is 0 Å². The summed E-state index contributed by atoms with van der Waals surface area (Å²) in [7, 11) is 9.48. The zero-order chi connectivity index (χ0) is 37.2. The molecule has 17 heteroatoms. The Morgan fingerprint density at radius 2 is 0.894 bits per heavy atom. The molecule has 0 spiro atoms. The van der Waals surface area contributed by atoms with Crippen molar-refractivity contribution in [3.8, 4) is 0 Å². The summed E-state index contributed by atoms with van der Waals surface area (Å²) in [6, 6.07) is 0. The van der Waals surface area contributed by atoms with Gasteiger partial charge in [0, 0.05) is 53.0 Å². The highest BCUT2D eigenvalue weighted by molar-refractivity contribution is 9.09. The molecule has 0 rings (SSSR count). The maximum absolute atomic E-state index is 11.3. The number of nitrogens with zero attached hydrogens (tertiary/aromatic N) is 2. The monoisotopic (exact) mass is 744 g/mol. The molecular formula is C30H53BrN2O14. The molecule has 47 heavy (non-hydrogen) atoms. The van der Waals surface area contributed by atoms with Crippen molar-refractivity contribution in [1.82, 2.24) is 9.80 Å². The highest BCUT2D eigenvalue weighted by Gasteiger charge is 2.10. The molecule has 0 bridgehead atoms. The van der Waals surface area contributed by atoms with Crippen LogP contribution in [-0.4, -0.2) is 154 Å². The Labute approximate surface area is 285 Å². The number of alkyl halides is 1. The fraction of sp³-hybridized carbons (Fsp3) is 0.733. The molecule has 0 atom stereocenters. The molecule has 0 aliphatic carbocycles. The number of hydrogen-bond acceptors (Lipinski definition) is 14. The molecule has 0 saturated heterocycles. The van der Waals surface area contributed by atoms with Crippen LogP contribution in [0.1, 0.15) is 58.3 Å². The predicted octanol–water partition coefficient (Wildman–Crippen LogP) is 1.43. The minimum atomic E-state index is -0.933. The maximum atomic E-state index is 11.3. The number of ether oxygens (including phenoxy) is 4. The lowest BCUT2D eigenvalue weighted by atomic mass is 10.2. The first-order valence-electron chi connectivity index (χ1n) is 14.5. The molecule has 16 nitrogen and oxygen atoms in total. The maximum Gasteiger partial charge on any atom is 0.305 e. The third kappa shape index (κ3) is 47.4. The van der Waals surface area contributed by atoms with Crippen LogP contribution in [0.15, 0.2) is 0 Å². The second-order valence-corrected chi connectivity index (χ2v) is 10.4. The normalized spacial score (nSPS) is 9.83. The highest BCUT2D eigenvalue weighted by atomic mass is 79.9. The Hall–Kier alpha value is -3.12. The van der Waals surface area contributed by atoms with Gasteiger partial charge in [-0.2, -0.15) is 0 Å². The van der Waals surface area contributed by atoms with Crippen LogP contribution in [0.2, 0.25) is 0 Å². The lowest BCUT2D eigenvalue weighted by Crippen LogP contribution is -2.29. The van der Waals surface area contributed by atoms with E-state index in [9.17, 15) is 38.4 Å². The van der Waals surface area contributed by atoms with Crippen molar-refractivity contribution in [2.75, 3.05) is 87.3 Å². The average Bonchev–Trinajstić information content (AvgIpc) is 3.02. The molecule has 0 aromatic carbocycles. The lowest BCUT2D eigenvalue weighted by molar-refractivity contribution is -0.142. The summed E-state index contributed by atoms with van der Waals surface area (Å²) in [4.78, 5) is 88.0.